The highest BCUT2D eigenvalue weighted by atomic mass is 79.9. The lowest BCUT2D eigenvalue weighted by atomic mass is 10.3. The minimum Gasteiger partial charge on any atom is -0.442 e. The third-order valence-corrected chi connectivity index (χ3v) is 1.87. The average molecular weight is 326 g/mol. The highest BCUT2D eigenvalue weighted by molar-refractivity contribution is 9.10. The van der Waals surface area contributed by atoms with E-state index in [4.69, 9.17) is 34.8 Å². The zero-order chi connectivity index (χ0) is 10.9. The molecule has 1 aromatic rings. The molecule has 0 fully saturated rings. The summed E-state index contributed by atoms with van der Waals surface area (Å²) in [5.74, 6) is -2.78. The van der Waals surface area contributed by atoms with Gasteiger partial charge < -0.3 is 4.74 Å². The number of benzene rings is 1. The Balaban J connectivity index is 3.09. The number of rotatable bonds is 1. The number of ether oxygens (including phenoxy) is 1. The van der Waals surface area contributed by atoms with Gasteiger partial charge >= 0.3 is 3.98 Å². The predicted molar refractivity (Wildman–Crippen MR) is 55.0 cm³/mol. The number of hydrogen-bond donors (Lipinski definition) is 0. The summed E-state index contributed by atoms with van der Waals surface area (Å²) in [4.78, 5) is 0. The van der Waals surface area contributed by atoms with E-state index < -0.39 is 21.4 Å². The number of hydrogen-bond acceptors (Lipinski definition) is 1. The Labute approximate surface area is 102 Å². The van der Waals surface area contributed by atoms with Crippen LogP contribution in [0.5, 0.6) is 5.75 Å². The molecule has 7 heteroatoms. The molecular weight excluding hydrogens is 324 g/mol. The van der Waals surface area contributed by atoms with E-state index in [1.807, 2.05) is 0 Å². The van der Waals surface area contributed by atoms with Crippen LogP contribution in [0.15, 0.2) is 16.6 Å². The summed E-state index contributed by atoms with van der Waals surface area (Å²) >= 11 is 18.7. The maximum Gasteiger partial charge on any atom is 0.338 e. The molecule has 0 aliphatic heterocycles. The fourth-order valence-electron chi connectivity index (χ4n) is 0.731. The first kappa shape index (κ1) is 12.3. The second-order valence-corrected chi connectivity index (χ2v) is 5.34. The van der Waals surface area contributed by atoms with E-state index in [2.05, 4.69) is 20.7 Å². The summed E-state index contributed by atoms with van der Waals surface area (Å²) in [6.45, 7) is 0. The van der Waals surface area contributed by atoms with Gasteiger partial charge in [0.15, 0.2) is 11.6 Å². The Morgan fingerprint density at radius 1 is 1.21 bits per heavy atom. The average Bonchev–Trinajstić information content (AvgIpc) is 1.96. The molecule has 1 aromatic carbocycles. The molecule has 0 saturated carbocycles. The first-order chi connectivity index (χ1) is 6.29. The van der Waals surface area contributed by atoms with E-state index in [1.54, 1.807) is 0 Å². The lowest BCUT2D eigenvalue weighted by Gasteiger charge is -2.14. The fraction of sp³-hybridized carbons (Fsp3) is 0.143. The first-order valence-corrected chi connectivity index (χ1v) is 5.12. The van der Waals surface area contributed by atoms with Crippen LogP contribution < -0.4 is 4.74 Å². The van der Waals surface area contributed by atoms with Crippen molar-refractivity contribution in [3.8, 4) is 5.75 Å². The maximum atomic E-state index is 13.0. The topological polar surface area (TPSA) is 9.23 Å². The van der Waals surface area contributed by atoms with Gasteiger partial charge in [0.25, 0.3) is 0 Å². The molecule has 0 spiro atoms. The molecule has 0 bridgehead atoms. The van der Waals surface area contributed by atoms with Crippen LogP contribution in [0.4, 0.5) is 8.78 Å². The van der Waals surface area contributed by atoms with Crippen molar-refractivity contribution in [1.29, 1.82) is 0 Å². The summed E-state index contributed by atoms with van der Waals surface area (Å²) in [7, 11) is 0. The molecule has 0 amide bonds. The first-order valence-electron chi connectivity index (χ1n) is 3.20. The van der Waals surface area contributed by atoms with Crippen molar-refractivity contribution in [3.63, 3.8) is 0 Å². The summed E-state index contributed by atoms with van der Waals surface area (Å²) in [6.07, 6.45) is 0. The Hall–Kier alpha value is 0.230. The van der Waals surface area contributed by atoms with E-state index >= 15 is 0 Å². The SMILES string of the molecule is Fc1cc(Br)cc(OC(Cl)(Cl)Cl)c1F. The summed E-state index contributed by atoms with van der Waals surface area (Å²) in [5, 5.41) is 0. The highest BCUT2D eigenvalue weighted by Crippen LogP contribution is 2.34. The largest absolute Gasteiger partial charge is 0.442 e. The predicted octanol–water partition coefficient (Wildman–Crippen LogP) is 4.43. The van der Waals surface area contributed by atoms with Crippen molar-refractivity contribution in [2.75, 3.05) is 0 Å². The minimum absolute atomic E-state index is 0.278. The van der Waals surface area contributed by atoms with Crippen molar-refractivity contribution >= 4 is 50.7 Å². The van der Waals surface area contributed by atoms with Gasteiger partial charge in [-0.25, -0.2) is 4.39 Å². The second kappa shape index (κ2) is 4.39. The Bertz CT molecular complexity index is 354. The van der Waals surface area contributed by atoms with Gasteiger partial charge in [-0.1, -0.05) is 15.9 Å². The Morgan fingerprint density at radius 2 is 1.79 bits per heavy atom. The van der Waals surface area contributed by atoms with E-state index in [1.165, 1.54) is 0 Å². The zero-order valence-electron chi connectivity index (χ0n) is 6.33. The number of alkyl halides is 3. The molecule has 0 unspecified atom stereocenters. The van der Waals surface area contributed by atoms with Crippen LogP contribution in [0.1, 0.15) is 0 Å². The Morgan fingerprint density at radius 3 is 2.29 bits per heavy atom. The standard InChI is InChI=1S/C7H2BrCl3F2O/c8-3-1-4(12)6(13)5(2-3)14-7(9,10)11/h1-2H. The van der Waals surface area contributed by atoms with Crippen LogP contribution in [0, 0.1) is 11.6 Å². The van der Waals surface area contributed by atoms with E-state index in [0.29, 0.717) is 0 Å². The van der Waals surface area contributed by atoms with Crippen LogP contribution in [0.2, 0.25) is 0 Å². The molecule has 0 N–H and O–H groups in total. The maximum absolute atomic E-state index is 13.0. The molecule has 1 nitrogen and oxygen atoms in total. The van der Waals surface area contributed by atoms with Crippen molar-refractivity contribution in [2.24, 2.45) is 0 Å². The van der Waals surface area contributed by atoms with Gasteiger partial charge in [0.2, 0.25) is 5.82 Å². The van der Waals surface area contributed by atoms with Gasteiger partial charge in [-0.15, -0.1) is 0 Å². The third-order valence-electron chi connectivity index (χ3n) is 1.19. The molecule has 0 atom stereocenters. The molecule has 0 aromatic heterocycles. The normalized spacial score (nSPS) is 11.6. The highest BCUT2D eigenvalue weighted by Gasteiger charge is 2.25. The molecule has 78 valence electrons. The lowest BCUT2D eigenvalue weighted by molar-refractivity contribution is 0.296. The third kappa shape index (κ3) is 3.42. The van der Waals surface area contributed by atoms with Crippen LogP contribution in [0.3, 0.4) is 0 Å². The van der Waals surface area contributed by atoms with E-state index in [0.717, 1.165) is 12.1 Å². The molecule has 0 aliphatic carbocycles. The van der Waals surface area contributed by atoms with E-state index in [9.17, 15) is 8.78 Å². The van der Waals surface area contributed by atoms with Crippen molar-refractivity contribution in [3.05, 3.63) is 28.2 Å². The quantitative estimate of drug-likeness (QED) is 0.548. The van der Waals surface area contributed by atoms with Gasteiger partial charge in [0.1, 0.15) is 0 Å². The molecule has 1 rings (SSSR count). The van der Waals surface area contributed by atoms with Crippen molar-refractivity contribution in [2.45, 2.75) is 3.98 Å². The molecule has 0 aliphatic rings. The summed E-state index contributed by atoms with van der Waals surface area (Å²) in [6, 6.07) is 2.08. The number of halogens is 6. The summed E-state index contributed by atoms with van der Waals surface area (Å²) < 4.78 is 28.5. The van der Waals surface area contributed by atoms with Gasteiger partial charge in [0, 0.05) is 4.47 Å². The van der Waals surface area contributed by atoms with Crippen LogP contribution >= 0.6 is 50.7 Å². The smallest absolute Gasteiger partial charge is 0.338 e. The second-order valence-electron chi connectivity index (χ2n) is 2.25. The molecule has 0 heterocycles. The van der Waals surface area contributed by atoms with Gasteiger partial charge in [-0.3, -0.25) is 0 Å². The van der Waals surface area contributed by atoms with Crippen molar-refractivity contribution < 1.29 is 13.5 Å². The zero-order valence-corrected chi connectivity index (χ0v) is 10.2. The van der Waals surface area contributed by atoms with Crippen LogP contribution in [-0.4, -0.2) is 3.98 Å². The van der Waals surface area contributed by atoms with Crippen molar-refractivity contribution in [1.82, 2.24) is 0 Å². The molecule has 0 saturated heterocycles. The van der Waals surface area contributed by atoms with E-state index in [-0.39, 0.29) is 4.47 Å². The van der Waals surface area contributed by atoms with Gasteiger partial charge in [-0.2, -0.15) is 4.39 Å². The van der Waals surface area contributed by atoms with Gasteiger partial charge in [-0.05, 0) is 46.9 Å². The Kier molecular flexibility index (Phi) is 3.86. The molecular formula is C7H2BrCl3F2O. The van der Waals surface area contributed by atoms with Crippen LogP contribution in [-0.2, 0) is 0 Å². The molecule has 14 heavy (non-hydrogen) atoms. The minimum atomic E-state index is -2.13. The monoisotopic (exact) mass is 324 g/mol. The summed E-state index contributed by atoms with van der Waals surface area (Å²) in [5.41, 5.74) is 0. The lowest BCUT2D eigenvalue weighted by Crippen LogP contribution is -2.14. The van der Waals surface area contributed by atoms with Gasteiger partial charge in [0.05, 0.1) is 0 Å². The van der Waals surface area contributed by atoms with Crippen LogP contribution in [0.25, 0.3) is 0 Å². The molecule has 0 radical (unpaired) electrons. The fourth-order valence-corrected chi connectivity index (χ4v) is 1.39.